The Bertz CT molecular complexity index is 863. The smallest absolute Gasteiger partial charge is 0.250 e. The van der Waals surface area contributed by atoms with Crippen LogP contribution in [0.3, 0.4) is 0 Å². The van der Waals surface area contributed by atoms with E-state index in [0.717, 1.165) is 32.9 Å². The van der Waals surface area contributed by atoms with Crippen molar-refractivity contribution in [2.45, 2.75) is 10.6 Å². The van der Waals surface area contributed by atoms with E-state index in [1.165, 1.54) is 0 Å². The number of sulfonamides is 1. The number of hydrogen-bond donors (Lipinski definition) is 1. The van der Waals surface area contributed by atoms with Crippen molar-refractivity contribution in [2.24, 2.45) is 0 Å². The molecule has 0 fully saturated rings. The van der Waals surface area contributed by atoms with Gasteiger partial charge in [-0.2, -0.15) is 4.72 Å². The van der Waals surface area contributed by atoms with Crippen LogP contribution in [0.25, 0.3) is 0 Å². The van der Waals surface area contributed by atoms with Gasteiger partial charge in [-0.3, -0.25) is 0 Å². The highest BCUT2D eigenvalue weighted by Gasteiger charge is 2.14. The molecule has 0 aliphatic carbocycles. The van der Waals surface area contributed by atoms with Crippen LogP contribution in [-0.2, 0) is 16.4 Å². The number of thiophene rings is 1. The molecule has 0 unspecified atom stereocenters. The van der Waals surface area contributed by atoms with Crippen LogP contribution in [0.2, 0.25) is 0 Å². The third kappa shape index (κ3) is 5.49. The van der Waals surface area contributed by atoms with Gasteiger partial charge in [0, 0.05) is 0 Å². The van der Waals surface area contributed by atoms with Crippen LogP contribution in [0.15, 0.2) is 57.0 Å². The largest absolute Gasteiger partial charge is 0.481 e. The van der Waals surface area contributed by atoms with Crippen LogP contribution >= 0.6 is 27.3 Å². The highest BCUT2D eigenvalue weighted by atomic mass is 79.9. The van der Waals surface area contributed by atoms with Crippen molar-refractivity contribution in [3.05, 3.63) is 58.4 Å². The van der Waals surface area contributed by atoms with Gasteiger partial charge in [-0.15, -0.1) is 17.9 Å². The second kappa shape index (κ2) is 9.04. The van der Waals surface area contributed by atoms with Crippen molar-refractivity contribution in [1.29, 1.82) is 0 Å². The lowest BCUT2D eigenvalue weighted by molar-refractivity contribution is 0.366. The summed E-state index contributed by atoms with van der Waals surface area (Å²) in [5, 5.41) is 0. The van der Waals surface area contributed by atoms with Crippen molar-refractivity contribution in [1.82, 2.24) is 4.72 Å². The number of para-hydroxylation sites is 1. The second-order valence-electron chi connectivity index (χ2n) is 4.63. The highest BCUT2D eigenvalue weighted by molar-refractivity contribution is 9.11. The standard InChI is InChI=1S/C17H16BrNO3S2/c1-2-7-14-8-3-4-9-15(14)22-13-6-5-12-19-24(20,21)17-11-10-16(18)23-17/h2-4,8-11,19H,1,7,12-13H2. The Morgan fingerprint density at radius 1 is 1.25 bits per heavy atom. The molecule has 4 nitrogen and oxygen atoms in total. The first-order valence-corrected chi connectivity index (χ1v) is 10.1. The molecule has 2 aromatic rings. The molecule has 0 amide bonds. The summed E-state index contributed by atoms with van der Waals surface area (Å²) < 4.78 is 33.0. The van der Waals surface area contributed by atoms with E-state index in [1.54, 1.807) is 12.1 Å². The zero-order valence-electron chi connectivity index (χ0n) is 12.8. The Kier molecular flexibility index (Phi) is 7.06. The molecule has 24 heavy (non-hydrogen) atoms. The monoisotopic (exact) mass is 425 g/mol. The van der Waals surface area contributed by atoms with Gasteiger partial charge in [0.1, 0.15) is 16.6 Å². The molecule has 0 atom stereocenters. The van der Waals surface area contributed by atoms with Gasteiger partial charge in [-0.25, -0.2) is 8.42 Å². The van der Waals surface area contributed by atoms with Crippen molar-refractivity contribution in [2.75, 3.05) is 13.2 Å². The molecule has 1 heterocycles. The summed E-state index contributed by atoms with van der Waals surface area (Å²) >= 11 is 4.39. The van der Waals surface area contributed by atoms with Gasteiger partial charge in [-0.05, 0) is 46.1 Å². The summed E-state index contributed by atoms with van der Waals surface area (Å²) in [6.45, 7) is 3.95. The van der Waals surface area contributed by atoms with E-state index >= 15 is 0 Å². The fourth-order valence-electron chi connectivity index (χ4n) is 1.84. The van der Waals surface area contributed by atoms with Gasteiger partial charge >= 0.3 is 0 Å². The normalized spacial score (nSPS) is 10.7. The molecule has 0 saturated carbocycles. The fraction of sp³-hybridized carbons (Fsp3) is 0.176. The summed E-state index contributed by atoms with van der Waals surface area (Å²) in [6, 6.07) is 10.9. The molecule has 2 rings (SSSR count). The summed E-state index contributed by atoms with van der Waals surface area (Å²) in [5.41, 5.74) is 1.04. The molecule has 0 bridgehead atoms. The Morgan fingerprint density at radius 3 is 2.75 bits per heavy atom. The summed E-state index contributed by atoms with van der Waals surface area (Å²) in [7, 11) is -3.51. The Labute approximate surface area is 154 Å². The molecule has 0 saturated heterocycles. The van der Waals surface area contributed by atoms with E-state index in [0.29, 0.717) is 0 Å². The van der Waals surface area contributed by atoms with Crippen molar-refractivity contribution in [3.63, 3.8) is 0 Å². The molecule has 0 aliphatic heterocycles. The molecule has 1 aromatic heterocycles. The van der Waals surface area contributed by atoms with Crippen LogP contribution < -0.4 is 9.46 Å². The SMILES string of the molecule is C=CCc1ccccc1OCC#CCNS(=O)(=O)c1ccc(Br)s1. The topological polar surface area (TPSA) is 55.4 Å². The average Bonchev–Trinajstić information content (AvgIpc) is 3.00. The van der Waals surface area contributed by atoms with E-state index in [1.807, 2.05) is 30.3 Å². The second-order valence-corrected chi connectivity index (χ2v) is 9.08. The predicted octanol–water partition coefficient (Wildman–Crippen LogP) is 3.60. The van der Waals surface area contributed by atoms with Crippen molar-refractivity contribution >= 4 is 37.3 Å². The minimum absolute atomic E-state index is 0.0372. The molecule has 0 radical (unpaired) electrons. The molecule has 1 aromatic carbocycles. The molecule has 0 aliphatic rings. The van der Waals surface area contributed by atoms with Crippen LogP contribution in [0.1, 0.15) is 5.56 Å². The van der Waals surface area contributed by atoms with Gasteiger partial charge in [0.05, 0.1) is 10.3 Å². The zero-order valence-corrected chi connectivity index (χ0v) is 16.0. The Morgan fingerprint density at radius 2 is 2.04 bits per heavy atom. The first-order chi connectivity index (χ1) is 11.5. The van der Waals surface area contributed by atoms with E-state index in [4.69, 9.17) is 4.74 Å². The molecular weight excluding hydrogens is 410 g/mol. The number of allylic oxidation sites excluding steroid dienone is 1. The van der Waals surface area contributed by atoms with Gasteiger partial charge in [0.25, 0.3) is 10.0 Å². The number of halogens is 1. The Hall–Kier alpha value is -1.59. The summed E-state index contributed by atoms with van der Waals surface area (Å²) in [6.07, 6.45) is 2.53. The van der Waals surface area contributed by atoms with Gasteiger partial charge < -0.3 is 4.74 Å². The summed E-state index contributed by atoms with van der Waals surface area (Å²) in [4.78, 5) is 0. The van der Waals surface area contributed by atoms with E-state index in [-0.39, 0.29) is 17.4 Å². The maximum Gasteiger partial charge on any atom is 0.250 e. The molecule has 0 spiro atoms. The van der Waals surface area contributed by atoms with E-state index in [9.17, 15) is 8.42 Å². The number of benzene rings is 1. The fourth-order valence-corrected chi connectivity index (χ4v) is 4.82. The van der Waals surface area contributed by atoms with E-state index < -0.39 is 10.0 Å². The maximum atomic E-state index is 12.0. The van der Waals surface area contributed by atoms with Gasteiger partial charge in [0.15, 0.2) is 0 Å². The van der Waals surface area contributed by atoms with Crippen LogP contribution in [-0.4, -0.2) is 21.6 Å². The Balaban J connectivity index is 1.84. The third-order valence-electron chi connectivity index (χ3n) is 2.93. The van der Waals surface area contributed by atoms with Gasteiger partial charge in [-0.1, -0.05) is 36.1 Å². The molecular formula is C17H16BrNO3S2. The summed E-state index contributed by atoms with van der Waals surface area (Å²) in [5.74, 6) is 6.31. The quantitative estimate of drug-likeness (QED) is 0.544. The first kappa shape index (κ1) is 18.7. The lowest BCUT2D eigenvalue weighted by Gasteiger charge is -2.07. The van der Waals surface area contributed by atoms with Crippen molar-refractivity contribution < 1.29 is 13.2 Å². The van der Waals surface area contributed by atoms with Crippen molar-refractivity contribution in [3.8, 4) is 17.6 Å². The minimum Gasteiger partial charge on any atom is -0.481 e. The lowest BCUT2D eigenvalue weighted by Crippen LogP contribution is -2.23. The molecule has 126 valence electrons. The maximum absolute atomic E-state index is 12.0. The van der Waals surface area contributed by atoms with Crippen LogP contribution in [0.5, 0.6) is 5.75 Å². The average molecular weight is 426 g/mol. The minimum atomic E-state index is -3.51. The molecule has 7 heteroatoms. The van der Waals surface area contributed by atoms with Crippen LogP contribution in [0.4, 0.5) is 0 Å². The number of hydrogen-bond acceptors (Lipinski definition) is 4. The zero-order chi connectivity index (χ0) is 17.4. The third-order valence-corrected chi connectivity index (χ3v) is 6.44. The number of ether oxygens (including phenoxy) is 1. The molecule has 1 N–H and O–H groups in total. The highest BCUT2D eigenvalue weighted by Crippen LogP contribution is 2.25. The lowest BCUT2D eigenvalue weighted by atomic mass is 10.1. The van der Waals surface area contributed by atoms with Crippen LogP contribution in [0, 0.1) is 11.8 Å². The van der Waals surface area contributed by atoms with Gasteiger partial charge in [0.2, 0.25) is 0 Å². The predicted molar refractivity (Wildman–Crippen MR) is 101 cm³/mol. The number of nitrogens with one attached hydrogen (secondary N) is 1. The number of rotatable bonds is 7. The van der Waals surface area contributed by atoms with E-state index in [2.05, 4.69) is 39.1 Å². The first-order valence-electron chi connectivity index (χ1n) is 7.05.